The van der Waals surface area contributed by atoms with E-state index in [-0.39, 0.29) is 12.8 Å². The van der Waals surface area contributed by atoms with E-state index in [2.05, 4.69) is 10.1 Å². The van der Waals surface area contributed by atoms with Crippen molar-refractivity contribution in [1.82, 2.24) is 10.2 Å². The number of carboxylic acid groups (broad SMARTS) is 1. The van der Waals surface area contributed by atoms with Gasteiger partial charge in [-0.05, 0) is 20.3 Å². The van der Waals surface area contributed by atoms with Gasteiger partial charge in [0.2, 0.25) is 0 Å². The van der Waals surface area contributed by atoms with E-state index in [0.29, 0.717) is 19.7 Å². The smallest absolute Gasteiger partial charge is 0.326 e. The normalized spacial score (nSPS) is 18.7. The Morgan fingerprint density at radius 3 is 2.62 bits per heavy atom. The summed E-state index contributed by atoms with van der Waals surface area (Å²) in [6.07, 6.45) is -0.0795. The first-order chi connectivity index (χ1) is 9.75. The SMILES string of the molecule is COC(=O)CC[C@H](NC(=O)N1CCOC(C)(C)C1)C(=O)O. The summed E-state index contributed by atoms with van der Waals surface area (Å²) in [5.41, 5.74) is -0.458. The molecule has 0 unspecified atom stereocenters. The maximum Gasteiger partial charge on any atom is 0.326 e. The quantitative estimate of drug-likeness (QED) is 0.704. The first-order valence-electron chi connectivity index (χ1n) is 6.74. The minimum absolute atomic E-state index is 0.0124. The molecule has 1 saturated heterocycles. The Morgan fingerprint density at radius 2 is 2.10 bits per heavy atom. The molecule has 21 heavy (non-hydrogen) atoms. The first-order valence-corrected chi connectivity index (χ1v) is 6.74. The molecule has 1 atom stereocenters. The number of hydrogen-bond acceptors (Lipinski definition) is 5. The van der Waals surface area contributed by atoms with Crippen molar-refractivity contribution in [3.63, 3.8) is 0 Å². The van der Waals surface area contributed by atoms with Gasteiger partial charge in [-0.15, -0.1) is 0 Å². The minimum Gasteiger partial charge on any atom is -0.480 e. The number of carbonyl (C=O) groups is 3. The Labute approximate surface area is 123 Å². The molecule has 0 saturated carbocycles. The number of ether oxygens (including phenoxy) is 2. The second-order valence-corrected chi connectivity index (χ2v) is 5.48. The summed E-state index contributed by atoms with van der Waals surface area (Å²) in [5, 5.41) is 11.5. The molecule has 1 aliphatic rings. The number of amides is 2. The van der Waals surface area contributed by atoms with E-state index in [1.807, 2.05) is 13.8 Å². The molecule has 0 spiro atoms. The molecule has 8 heteroatoms. The Morgan fingerprint density at radius 1 is 1.43 bits per heavy atom. The van der Waals surface area contributed by atoms with Gasteiger partial charge >= 0.3 is 18.0 Å². The van der Waals surface area contributed by atoms with Crippen molar-refractivity contribution in [2.24, 2.45) is 0 Å². The van der Waals surface area contributed by atoms with Gasteiger partial charge in [0.15, 0.2) is 0 Å². The van der Waals surface area contributed by atoms with E-state index in [0.717, 1.165) is 0 Å². The number of hydrogen-bond donors (Lipinski definition) is 2. The highest BCUT2D eigenvalue weighted by molar-refractivity contribution is 5.83. The molecule has 2 amide bonds. The summed E-state index contributed by atoms with van der Waals surface area (Å²) in [4.78, 5) is 35.8. The van der Waals surface area contributed by atoms with E-state index in [1.165, 1.54) is 12.0 Å². The van der Waals surface area contributed by atoms with Crippen LogP contribution in [-0.2, 0) is 19.1 Å². The number of rotatable bonds is 5. The maximum atomic E-state index is 12.1. The van der Waals surface area contributed by atoms with Gasteiger partial charge in [0.05, 0.1) is 25.9 Å². The topological polar surface area (TPSA) is 105 Å². The fourth-order valence-corrected chi connectivity index (χ4v) is 2.05. The highest BCUT2D eigenvalue weighted by Gasteiger charge is 2.31. The zero-order chi connectivity index (χ0) is 16.0. The molecule has 1 heterocycles. The molecule has 120 valence electrons. The highest BCUT2D eigenvalue weighted by Crippen LogP contribution is 2.16. The molecule has 8 nitrogen and oxygen atoms in total. The van der Waals surface area contributed by atoms with Gasteiger partial charge in [0, 0.05) is 13.0 Å². The molecule has 0 aromatic rings. The molecule has 0 bridgehead atoms. The Bertz CT molecular complexity index is 409. The second-order valence-electron chi connectivity index (χ2n) is 5.48. The van der Waals surface area contributed by atoms with Gasteiger partial charge in [-0.3, -0.25) is 4.79 Å². The number of methoxy groups -OCH3 is 1. The zero-order valence-corrected chi connectivity index (χ0v) is 12.5. The van der Waals surface area contributed by atoms with Gasteiger partial charge in [-0.25, -0.2) is 9.59 Å². The fraction of sp³-hybridized carbons (Fsp3) is 0.769. The summed E-state index contributed by atoms with van der Waals surface area (Å²) < 4.78 is 9.95. The van der Waals surface area contributed by atoms with E-state index in [1.54, 1.807) is 0 Å². The third kappa shape index (κ3) is 5.58. The summed E-state index contributed by atoms with van der Waals surface area (Å²) in [6, 6.07) is -1.59. The lowest BCUT2D eigenvalue weighted by Gasteiger charge is -2.38. The number of nitrogens with zero attached hydrogens (tertiary/aromatic N) is 1. The predicted molar refractivity (Wildman–Crippen MR) is 72.8 cm³/mol. The standard InChI is InChI=1S/C13H22N2O6/c1-13(2)8-15(6-7-21-13)12(19)14-9(11(17)18)4-5-10(16)20-3/h9H,4-8H2,1-3H3,(H,14,19)(H,17,18)/t9-/m0/s1. The number of carbonyl (C=O) groups excluding carboxylic acids is 2. The second kappa shape index (κ2) is 7.26. The third-order valence-electron chi connectivity index (χ3n) is 3.17. The van der Waals surface area contributed by atoms with Crippen molar-refractivity contribution in [2.75, 3.05) is 26.8 Å². The summed E-state index contributed by atoms with van der Waals surface area (Å²) in [7, 11) is 1.23. The fourth-order valence-electron chi connectivity index (χ4n) is 2.05. The third-order valence-corrected chi connectivity index (χ3v) is 3.17. The number of esters is 1. The van der Waals surface area contributed by atoms with Crippen LogP contribution in [0, 0.1) is 0 Å². The number of urea groups is 1. The van der Waals surface area contributed by atoms with E-state index >= 15 is 0 Å². The van der Waals surface area contributed by atoms with Crippen molar-refractivity contribution < 1.29 is 29.0 Å². The lowest BCUT2D eigenvalue weighted by Crippen LogP contribution is -2.56. The Balaban J connectivity index is 2.56. The van der Waals surface area contributed by atoms with Crippen LogP contribution in [0.1, 0.15) is 26.7 Å². The van der Waals surface area contributed by atoms with Crippen molar-refractivity contribution in [1.29, 1.82) is 0 Å². The van der Waals surface area contributed by atoms with Crippen LogP contribution in [0.25, 0.3) is 0 Å². The molecule has 0 aromatic heterocycles. The maximum absolute atomic E-state index is 12.1. The zero-order valence-electron chi connectivity index (χ0n) is 12.5. The van der Waals surface area contributed by atoms with Crippen LogP contribution in [0.5, 0.6) is 0 Å². The van der Waals surface area contributed by atoms with Crippen LogP contribution in [0.4, 0.5) is 4.79 Å². The van der Waals surface area contributed by atoms with Gasteiger partial charge in [0.25, 0.3) is 0 Å². The van der Waals surface area contributed by atoms with E-state index in [9.17, 15) is 14.4 Å². The van der Waals surface area contributed by atoms with Crippen molar-refractivity contribution in [3.05, 3.63) is 0 Å². The van der Waals surface area contributed by atoms with Crippen LogP contribution >= 0.6 is 0 Å². The average Bonchev–Trinajstić information content (AvgIpc) is 2.41. The van der Waals surface area contributed by atoms with Crippen LogP contribution in [0.2, 0.25) is 0 Å². The van der Waals surface area contributed by atoms with Crippen LogP contribution in [0.3, 0.4) is 0 Å². The monoisotopic (exact) mass is 302 g/mol. The summed E-state index contributed by atoms with van der Waals surface area (Å²) in [6.45, 7) is 4.90. The summed E-state index contributed by atoms with van der Waals surface area (Å²) >= 11 is 0. The molecule has 1 aliphatic heterocycles. The number of aliphatic carboxylic acids is 1. The molecule has 0 aromatic carbocycles. The number of morpholine rings is 1. The summed E-state index contributed by atoms with van der Waals surface area (Å²) in [5.74, 6) is -1.69. The van der Waals surface area contributed by atoms with Crippen LogP contribution in [-0.4, -0.2) is 66.4 Å². The highest BCUT2D eigenvalue weighted by atomic mass is 16.5. The van der Waals surface area contributed by atoms with Gasteiger partial charge in [-0.2, -0.15) is 0 Å². The predicted octanol–water partition coefficient (Wildman–Crippen LogP) is 0.213. The van der Waals surface area contributed by atoms with Gasteiger partial charge < -0.3 is 24.8 Å². The Hall–Kier alpha value is -1.83. The van der Waals surface area contributed by atoms with E-state index < -0.39 is 29.6 Å². The van der Waals surface area contributed by atoms with E-state index in [4.69, 9.17) is 9.84 Å². The molecule has 2 N–H and O–H groups in total. The molecular weight excluding hydrogens is 280 g/mol. The van der Waals surface area contributed by atoms with Crippen LogP contribution in [0.15, 0.2) is 0 Å². The van der Waals surface area contributed by atoms with Gasteiger partial charge in [-0.1, -0.05) is 0 Å². The number of nitrogens with one attached hydrogen (secondary N) is 1. The van der Waals surface area contributed by atoms with Crippen molar-refractivity contribution >= 4 is 18.0 Å². The molecule has 0 aliphatic carbocycles. The van der Waals surface area contributed by atoms with Crippen molar-refractivity contribution in [3.8, 4) is 0 Å². The molecular formula is C13H22N2O6. The molecule has 1 fully saturated rings. The minimum atomic E-state index is -1.18. The average molecular weight is 302 g/mol. The Kier molecular flexibility index (Phi) is 5.95. The van der Waals surface area contributed by atoms with Crippen LogP contribution < -0.4 is 5.32 Å². The lowest BCUT2D eigenvalue weighted by molar-refractivity contribution is -0.142. The lowest BCUT2D eigenvalue weighted by atomic mass is 10.1. The number of carboxylic acids is 1. The first kappa shape index (κ1) is 17.2. The largest absolute Gasteiger partial charge is 0.480 e. The van der Waals surface area contributed by atoms with Crippen molar-refractivity contribution in [2.45, 2.75) is 38.3 Å². The van der Waals surface area contributed by atoms with Gasteiger partial charge in [0.1, 0.15) is 6.04 Å². The molecule has 0 radical (unpaired) electrons. The molecule has 1 rings (SSSR count).